The third-order valence-electron chi connectivity index (χ3n) is 4.74. The van der Waals surface area contributed by atoms with Gasteiger partial charge in [-0.2, -0.15) is 0 Å². The van der Waals surface area contributed by atoms with Gasteiger partial charge in [-0.25, -0.2) is 0 Å². The highest BCUT2D eigenvalue weighted by atomic mass is 16.4. The summed E-state index contributed by atoms with van der Waals surface area (Å²) < 4.78 is 0. The molecule has 1 saturated carbocycles. The molecule has 0 radical (unpaired) electrons. The molecule has 2 aromatic rings. The number of hydrogen-bond donors (Lipinski definition) is 6. The van der Waals surface area contributed by atoms with Crippen molar-refractivity contribution in [1.82, 2.24) is 5.32 Å². The number of aliphatic hydroxyl groups excluding tert-OH is 5. The minimum Gasteiger partial charge on any atom is -0.389 e. The lowest BCUT2D eigenvalue weighted by atomic mass is 9.83. The van der Waals surface area contributed by atoms with E-state index < -0.39 is 36.6 Å². The molecular formula is C19H23NO5. The highest BCUT2D eigenvalue weighted by molar-refractivity contribution is 5.63. The molecule has 0 aliphatic heterocycles. The van der Waals surface area contributed by atoms with Gasteiger partial charge in [0, 0.05) is 6.54 Å². The van der Waals surface area contributed by atoms with Crippen LogP contribution in [0.2, 0.25) is 0 Å². The highest BCUT2D eigenvalue weighted by Crippen LogP contribution is 2.23. The second kappa shape index (κ2) is 7.61. The Bertz CT molecular complexity index is 662. The van der Waals surface area contributed by atoms with Gasteiger partial charge in [0.1, 0.15) is 30.5 Å². The lowest BCUT2D eigenvalue weighted by Gasteiger charge is -2.42. The Balaban J connectivity index is 1.65. The topological polar surface area (TPSA) is 113 Å². The van der Waals surface area contributed by atoms with Gasteiger partial charge in [0.15, 0.2) is 0 Å². The summed E-state index contributed by atoms with van der Waals surface area (Å²) in [4.78, 5) is 0. The highest BCUT2D eigenvalue weighted by Gasteiger charge is 2.47. The van der Waals surface area contributed by atoms with Crippen LogP contribution in [0, 0.1) is 0 Å². The molecule has 2 unspecified atom stereocenters. The Labute approximate surface area is 146 Å². The van der Waals surface area contributed by atoms with Gasteiger partial charge < -0.3 is 30.8 Å². The Morgan fingerprint density at radius 3 is 1.64 bits per heavy atom. The predicted octanol–water partition coefficient (Wildman–Crippen LogP) is -0.370. The second-order valence-electron chi connectivity index (χ2n) is 6.42. The van der Waals surface area contributed by atoms with Crippen molar-refractivity contribution in [3.05, 3.63) is 60.2 Å². The van der Waals surface area contributed by atoms with E-state index in [0.29, 0.717) is 6.54 Å². The van der Waals surface area contributed by atoms with E-state index in [-0.39, 0.29) is 0 Å². The Morgan fingerprint density at radius 2 is 1.08 bits per heavy atom. The summed E-state index contributed by atoms with van der Waals surface area (Å²) >= 11 is 0. The fourth-order valence-corrected chi connectivity index (χ4v) is 3.16. The molecule has 25 heavy (non-hydrogen) atoms. The van der Waals surface area contributed by atoms with E-state index in [1.54, 1.807) is 0 Å². The van der Waals surface area contributed by atoms with Gasteiger partial charge in [0.2, 0.25) is 0 Å². The molecule has 1 fully saturated rings. The summed E-state index contributed by atoms with van der Waals surface area (Å²) in [6.07, 6.45) is -7.37. The first-order chi connectivity index (χ1) is 12.0. The maximum absolute atomic E-state index is 10.0. The molecular weight excluding hydrogens is 322 g/mol. The fraction of sp³-hybridized carbons (Fsp3) is 0.368. The smallest absolute Gasteiger partial charge is 0.111 e. The monoisotopic (exact) mass is 345 g/mol. The molecule has 0 bridgehead atoms. The Kier molecular flexibility index (Phi) is 5.48. The van der Waals surface area contributed by atoms with E-state index in [4.69, 9.17) is 0 Å². The van der Waals surface area contributed by atoms with E-state index in [0.717, 1.165) is 16.7 Å². The Morgan fingerprint density at radius 1 is 0.600 bits per heavy atom. The largest absolute Gasteiger partial charge is 0.389 e. The predicted molar refractivity (Wildman–Crippen MR) is 92.5 cm³/mol. The molecule has 0 saturated heterocycles. The average Bonchev–Trinajstić information content (AvgIpc) is 2.66. The molecule has 0 aromatic heterocycles. The van der Waals surface area contributed by atoms with Gasteiger partial charge in [-0.3, -0.25) is 0 Å². The molecule has 0 spiro atoms. The molecule has 0 heterocycles. The van der Waals surface area contributed by atoms with E-state index in [9.17, 15) is 25.5 Å². The van der Waals surface area contributed by atoms with Crippen LogP contribution in [0.15, 0.2) is 54.6 Å². The minimum absolute atomic E-state index is 0.337. The number of benzene rings is 2. The maximum atomic E-state index is 10.0. The number of nitrogens with one attached hydrogen (secondary N) is 1. The van der Waals surface area contributed by atoms with Crippen molar-refractivity contribution in [1.29, 1.82) is 0 Å². The second-order valence-corrected chi connectivity index (χ2v) is 6.42. The summed E-state index contributed by atoms with van der Waals surface area (Å²) in [5.41, 5.74) is 3.12. The zero-order chi connectivity index (χ0) is 18.0. The maximum Gasteiger partial charge on any atom is 0.111 e. The van der Waals surface area contributed by atoms with E-state index >= 15 is 0 Å². The summed E-state index contributed by atoms with van der Waals surface area (Å²) in [7, 11) is 0. The van der Waals surface area contributed by atoms with Crippen LogP contribution < -0.4 is 5.32 Å². The summed E-state index contributed by atoms with van der Waals surface area (Å²) in [6.45, 7) is 0.337. The molecule has 1 aliphatic rings. The first kappa shape index (κ1) is 18.0. The molecule has 1 aliphatic carbocycles. The van der Waals surface area contributed by atoms with Gasteiger partial charge in [0.25, 0.3) is 0 Å². The standard InChI is InChI=1S/C19H23NO5/c21-15-14(16(22)18(24)19(25)17(15)23)20-10-11-6-8-13(9-7-11)12-4-2-1-3-5-12/h1-9,14-25H,10H2/t14?,15-,16+,17+,18-,19?. The van der Waals surface area contributed by atoms with Crippen LogP contribution in [0.25, 0.3) is 11.1 Å². The van der Waals surface area contributed by atoms with E-state index in [1.165, 1.54) is 0 Å². The van der Waals surface area contributed by atoms with Crippen molar-refractivity contribution < 1.29 is 25.5 Å². The van der Waals surface area contributed by atoms with Crippen LogP contribution in [0.4, 0.5) is 0 Å². The van der Waals surface area contributed by atoms with Gasteiger partial charge in [0.05, 0.1) is 6.04 Å². The van der Waals surface area contributed by atoms with Crippen LogP contribution in [-0.2, 0) is 6.54 Å². The van der Waals surface area contributed by atoms with Gasteiger partial charge >= 0.3 is 0 Å². The molecule has 134 valence electrons. The normalized spacial score (nSPS) is 32.5. The average molecular weight is 345 g/mol. The van der Waals surface area contributed by atoms with Crippen molar-refractivity contribution in [2.24, 2.45) is 0 Å². The Hall–Kier alpha value is -1.80. The van der Waals surface area contributed by atoms with Crippen molar-refractivity contribution in [2.45, 2.75) is 43.1 Å². The first-order valence-corrected chi connectivity index (χ1v) is 8.27. The number of hydrogen-bond acceptors (Lipinski definition) is 6. The lowest BCUT2D eigenvalue weighted by molar-refractivity contribution is -0.190. The van der Waals surface area contributed by atoms with Gasteiger partial charge in [-0.05, 0) is 16.7 Å². The molecule has 2 aromatic carbocycles. The van der Waals surface area contributed by atoms with Crippen molar-refractivity contribution >= 4 is 0 Å². The van der Waals surface area contributed by atoms with Crippen molar-refractivity contribution in [3.63, 3.8) is 0 Å². The molecule has 6 N–H and O–H groups in total. The van der Waals surface area contributed by atoms with Crippen LogP contribution in [0.1, 0.15) is 5.56 Å². The van der Waals surface area contributed by atoms with E-state index in [2.05, 4.69) is 5.32 Å². The van der Waals surface area contributed by atoms with Gasteiger partial charge in [-0.1, -0.05) is 54.6 Å². The molecule has 0 amide bonds. The van der Waals surface area contributed by atoms with Crippen LogP contribution in [-0.4, -0.2) is 62.1 Å². The third kappa shape index (κ3) is 3.74. The summed E-state index contributed by atoms with van der Waals surface area (Å²) in [5, 5.41) is 52.1. The molecule has 6 nitrogen and oxygen atoms in total. The molecule has 6 heteroatoms. The molecule has 3 rings (SSSR count). The van der Waals surface area contributed by atoms with E-state index in [1.807, 2.05) is 54.6 Å². The fourth-order valence-electron chi connectivity index (χ4n) is 3.16. The molecule has 6 atom stereocenters. The van der Waals surface area contributed by atoms with Crippen molar-refractivity contribution in [3.8, 4) is 11.1 Å². The van der Waals surface area contributed by atoms with Gasteiger partial charge in [-0.15, -0.1) is 0 Å². The zero-order valence-corrected chi connectivity index (χ0v) is 13.6. The zero-order valence-electron chi connectivity index (χ0n) is 13.6. The number of aliphatic hydroxyl groups is 5. The first-order valence-electron chi connectivity index (χ1n) is 8.27. The SMILES string of the molecule is OC1[C@@H](O)[C@H](O)C(NCc2ccc(-c3ccccc3)cc2)[C@H](O)[C@H]1O. The minimum atomic E-state index is -1.58. The van der Waals surface area contributed by atoms with Crippen molar-refractivity contribution in [2.75, 3.05) is 0 Å². The quantitative estimate of drug-likeness (QED) is 0.451. The lowest BCUT2D eigenvalue weighted by Crippen LogP contribution is -2.67. The summed E-state index contributed by atoms with van der Waals surface area (Å²) in [5.74, 6) is 0. The van der Waals surface area contributed by atoms with Crippen LogP contribution in [0.5, 0.6) is 0 Å². The third-order valence-corrected chi connectivity index (χ3v) is 4.74. The van der Waals surface area contributed by atoms with Crippen LogP contribution >= 0.6 is 0 Å². The summed E-state index contributed by atoms with van der Waals surface area (Å²) in [6, 6.07) is 16.8. The van der Waals surface area contributed by atoms with Crippen LogP contribution in [0.3, 0.4) is 0 Å². The number of rotatable bonds is 4.